The Balaban J connectivity index is 1.42. The van der Waals surface area contributed by atoms with Crippen molar-refractivity contribution < 1.29 is 19.3 Å². The predicted octanol–water partition coefficient (Wildman–Crippen LogP) is 6.52. The second-order valence-corrected chi connectivity index (χ2v) is 11.2. The van der Waals surface area contributed by atoms with Crippen molar-refractivity contribution >= 4 is 63.7 Å². The van der Waals surface area contributed by atoms with E-state index < -0.39 is 22.1 Å². The van der Waals surface area contributed by atoms with Crippen LogP contribution in [0.4, 0.5) is 10.7 Å². The number of non-ortho nitro benzene ring substituents is 1. The summed E-state index contributed by atoms with van der Waals surface area (Å²) in [5, 5.41) is 16.8. The van der Waals surface area contributed by atoms with Gasteiger partial charge in [0, 0.05) is 17.7 Å². The van der Waals surface area contributed by atoms with E-state index in [1.165, 1.54) is 40.2 Å². The minimum atomic E-state index is -0.604. The highest BCUT2D eigenvalue weighted by molar-refractivity contribution is 8.05. The van der Waals surface area contributed by atoms with Crippen LogP contribution in [0.1, 0.15) is 37.4 Å². The maximum atomic E-state index is 13.6. The predicted molar refractivity (Wildman–Crippen MR) is 166 cm³/mol. The van der Waals surface area contributed by atoms with Gasteiger partial charge < -0.3 is 5.32 Å². The molecule has 11 heteroatoms. The fourth-order valence-corrected chi connectivity index (χ4v) is 6.20. The van der Waals surface area contributed by atoms with E-state index in [9.17, 15) is 24.5 Å². The molecule has 9 nitrogen and oxygen atoms in total. The molecule has 1 aromatic heterocycles. The highest BCUT2D eigenvalue weighted by atomic mass is 32.2. The average Bonchev–Trinajstić information content (AvgIpc) is 3.51. The van der Waals surface area contributed by atoms with Crippen LogP contribution in [0.15, 0.2) is 101 Å². The molecule has 0 bridgehead atoms. The van der Waals surface area contributed by atoms with E-state index in [0.29, 0.717) is 26.6 Å². The molecule has 0 radical (unpaired) electrons. The van der Waals surface area contributed by atoms with E-state index in [0.717, 1.165) is 5.56 Å². The number of nitro groups is 1. The topological polar surface area (TPSA) is 122 Å². The second-order valence-electron chi connectivity index (χ2n) is 9.20. The Morgan fingerprint density at radius 2 is 1.64 bits per heavy atom. The largest absolute Gasteiger partial charge is 0.313 e. The van der Waals surface area contributed by atoms with E-state index in [4.69, 9.17) is 0 Å². The Kier molecular flexibility index (Phi) is 8.60. The molecule has 2 N–H and O–H groups in total. The van der Waals surface area contributed by atoms with E-state index >= 15 is 0 Å². The summed E-state index contributed by atoms with van der Waals surface area (Å²) in [5.74, 6) is -1.38. The monoisotopic (exact) mass is 596 g/mol. The van der Waals surface area contributed by atoms with Gasteiger partial charge in [-0.15, -0.1) is 11.3 Å². The third kappa shape index (κ3) is 6.48. The van der Waals surface area contributed by atoms with Crippen molar-refractivity contribution in [1.29, 1.82) is 0 Å². The quantitative estimate of drug-likeness (QED) is 0.136. The van der Waals surface area contributed by atoms with Gasteiger partial charge in [-0.2, -0.15) is 0 Å². The lowest BCUT2D eigenvalue weighted by molar-refractivity contribution is -0.384. The Hall–Kier alpha value is -5.00. The lowest BCUT2D eigenvalue weighted by atomic mass is 10.1. The van der Waals surface area contributed by atoms with Crippen molar-refractivity contribution in [2.75, 3.05) is 5.32 Å². The van der Waals surface area contributed by atoms with Gasteiger partial charge in [-0.25, -0.2) is 5.01 Å². The Bertz CT molecular complexity index is 1720. The number of amides is 3. The number of nitro benzene ring substituents is 1. The van der Waals surface area contributed by atoms with Gasteiger partial charge in [0.05, 0.1) is 15.4 Å². The van der Waals surface area contributed by atoms with Crippen LogP contribution in [0.25, 0.3) is 12.2 Å². The number of anilines is 1. The molecule has 1 fully saturated rings. The fraction of sp³-hybridized carbons (Fsp3) is 0.0645. The first-order chi connectivity index (χ1) is 20.3. The number of thiophene rings is 1. The minimum absolute atomic E-state index is 0.0940. The average molecular weight is 597 g/mol. The van der Waals surface area contributed by atoms with Crippen LogP contribution in [0, 0.1) is 17.0 Å². The molecule has 42 heavy (non-hydrogen) atoms. The van der Waals surface area contributed by atoms with Crippen molar-refractivity contribution in [3.8, 4) is 0 Å². The van der Waals surface area contributed by atoms with Gasteiger partial charge in [0.1, 0.15) is 10.4 Å². The van der Waals surface area contributed by atoms with E-state index in [-0.39, 0.29) is 17.2 Å². The zero-order valence-corrected chi connectivity index (χ0v) is 23.9. The van der Waals surface area contributed by atoms with Gasteiger partial charge in [0.2, 0.25) is 0 Å². The molecule has 1 aliphatic rings. The minimum Gasteiger partial charge on any atom is -0.313 e. The van der Waals surface area contributed by atoms with Crippen molar-refractivity contribution in [3.63, 3.8) is 0 Å². The van der Waals surface area contributed by atoms with Crippen LogP contribution in [-0.2, 0) is 4.79 Å². The van der Waals surface area contributed by atoms with Gasteiger partial charge in [0.15, 0.2) is 0 Å². The Morgan fingerprint density at radius 1 is 0.952 bits per heavy atom. The van der Waals surface area contributed by atoms with Crippen molar-refractivity contribution in [2.45, 2.75) is 12.3 Å². The first-order valence-corrected chi connectivity index (χ1v) is 14.5. The molecule has 2 heterocycles. The summed E-state index contributed by atoms with van der Waals surface area (Å²) in [4.78, 5) is 51.0. The molecule has 0 aliphatic carbocycles. The number of rotatable bonds is 8. The number of nitrogens with one attached hydrogen (secondary N) is 2. The maximum absolute atomic E-state index is 13.6. The number of nitrogens with zero attached hydrogens (tertiary/aromatic N) is 2. The van der Waals surface area contributed by atoms with Crippen LogP contribution in [0.5, 0.6) is 0 Å². The molecule has 4 aromatic rings. The summed E-state index contributed by atoms with van der Waals surface area (Å²) in [6, 6.07) is 24.1. The number of benzene rings is 3. The zero-order chi connectivity index (χ0) is 29.6. The number of thioether (sulfide) groups is 1. The molecule has 0 saturated carbocycles. The van der Waals surface area contributed by atoms with Crippen LogP contribution in [0.2, 0.25) is 0 Å². The van der Waals surface area contributed by atoms with Crippen molar-refractivity contribution in [1.82, 2.24) is 10.4 Å². The molecule has 0 spiro atoms. The molecule has 1 aliphatic heterocycles. The van der Waals surface area contributed by atoms with Crippen molar-refractivity contribution in [2.24, 2.45) is 0 Å². The zero-order valence-electron chi connectivity index (χ0n) is 22.2. The van der Waals surface area contributed by atoms with Crippen LogP contribution in [-0.4, -0.2) is 33.0 Å². The van der Waals surface area contributed by atoms with E-state index in [1.54, 1.807) is 66.9 Å². The van der Waals surface area contributed by atoms with Gasteiger partial charge >= 0.3 is 0 Å². The van der Waals surface area contributed by atoms with Gasteiger partial charge in [-0.05, 0) is 53.3 Å². The summed E-state index contributed by atoms with van der Waals surface area (Å²) in [7, 11) is 0. The smallest absolute Gasteiger partial charge is 0.280 e. The number of hydrogen-bond acceptors (Lipinski definition) is 7. The van der Waals surface area contributed by atoms with Gasteiger partial charge in [0.25, 0.3) is 23.4 Å². The lowest BCUT2D eigenvalue weighted by Crippen LogP contribution is -2.47. The standard InChI is InChI=1S/C31H24N4O5S2/c1-20-19-41-30(32-28(36)23-12-6-3-7-13-23)27(20)29(37)33-34-26(16-15-21-9-4-2-5-10-21)42-25(31(34)38)18-22-11-8-14-24(17-22)35(39)40/h2-19,26H,1H3,(H,32,36)(H,33,37)/b16-15+,25-18+. The summed E-state index contributed by atoms with van der Waals surface area (Å²) < 4.78 is 0. The highest BCUT2D eigenvalue weighted by Crippen LogP contribution is 2.37. The number of hydrogen-bond donors (Lipinski definition) is 2. The normalized spacial score (nSPS) is 15.7. The Labute approximate surface area is 249 Å². The molecule has 210 valence electrons. The van der Waals surface area contributed by atoms with Crippen LogP contribution < -0.4 is 10.7 Å². The molecule has 3 aromatic carbocycles. The number of hydrazine groups is 1. The second kappa shape index (κ2) is 12.7. The number of carbonyl (C=O) groups is 3. The molecule has 1 atom stereocenters. The summed E-state index contributed by atoms with van der Waals surface area (Å²) >= 11 is 2.43. The molecule has 1 saturated heterocycles. The summed E-state index contributed by atoms with van der Waals surface area (Å²) in [5.41, 5.74) is 5.38. The third-order valence-electron chi connectivity index (χ3n) is 6.25. The van der Waals surface area contributed by atoms with Crippen LogP contribution in [0.3, 0.4) is 0 Å². The van der Waals surface area contributed by atoms with Gasteiger partial charge in [-0.1, -0.05) is 78.5 Å². The first kappa shape index (κ1) is 28.5. The van der Waals surface area contributed by atoms with E-state index in [2.05, 4.69) is 10.7 Å². The van der Waals surface area contributed by atoms with Crippen molar-refractivity contribution in [3.05, 3.63) is 139 Å². The van der Waals surface area contributed by atoms with Gasteiger partial charge in [-0.3, -0.25) is 29.9 Å². The molecule has 1 unspecified atom stereocenters. The molecular weight excluding hydrogens is 572 g/mol. The van der Waals surface area contributed by atoms with Crippen LogP contribution >= 0.6 is 23.1 Å². The fourth-order valence-electron chi connectivity index (χ4n) is 4.19. The molecule has 5 rings (SSSR count). The number of aryl methyl sites for hydroxylation is 1. The summed E-state index contributed by atoms with van der Waals surface area (Å²) in [6.07, 6.45) is 5.21. The summed E-state index contributed by atoms with van der Waals surface area (Å²) in [6.45, 7) is 1.75. The lowest BCUT2D eigenvalue weighted by Gasteiger charge is -2.22. The highest BCUT2D eigenvalue weighted by Gasteiger charge is 2.37. The SMILES string of the molecule is Cc1csc(NC(=O)c2ccccc2)c1C(=O)NN1C(=O)/C(=C\c2cccc([N+](=O)[O-])c2)SC1/C=C/c1ccccc1. The molecular formula is C31H24N4O5S2. The first-order valence-electron chi connectivity index (χ1n) is 12.8. The number of carbonyl (C=O) groups excluding carboxylic acids is 3. The maximum Gasteiger partial charge on any atom is 0.280 e. The molecule has 3 amide bonds. The Morgan fingerprint density at radius 3 is 2.36 bits per heavy atom. The third-order valence-corrected chi connectivity index (χ3v) is 8.42. The van der Waals surface area contributed by atoms with E-state index in [1.807, 2.05) is 36.4 Å².